The van der Waals surface area contributed by atoms with Gasteiger partial charge in [0.25, 0.3) is 0 Å². The molecule has 1 N–H and O–H groups in total. The molecule has 2 rings (SSSR count). The number of benzene rings is 1. The third-order valence-corrected chi connectivity index (χ3v) is 3.27. The molecule has 0 spiro atoms. The lowest BCUT2D eigenvalue weighted by atomic mass is 9.97. The Morgan fingerprint density at radius 3 is 2.87 bits per heavy atom. The van der Waals surface area contributed by atoms with Crippen LogP contribution < -0.4 is 5.32 Å². The first kappa shape index (κ1) is 10.6. The Morgan fingerprint density at radius 1 is 1.33 bits per heavy atom. The minimum absolute atomic E-state index is 0.0420. The first-order chi connectivity index (χ1) is 7.31. The van der Waals surface area contributed by atoms with Crippen molar-refractivity contribution in [1.29, 1.82) is 0 Å². The van der Waals surface area contributed by atoms with Crippen LogP contribution in [0.15, 0.2) is 24.3 Å². The van der Waals surface area contributed by atoms with Crippen LogP contribution >= 0.6 is 0 Å². The van der Waals surface area contributed by atoms with E-state index in [4.69, 9.17) is 0 Å². The van der Waals surface area contributed by atoms with Gasteiger partial charge in [-0.3, -0.25) is 0 Å². The Bertz CT molecular complexity index is 324. The molecule has 1 aliphatic rings. The highest BCUT2D eigenvalue weighted by Gasteiger charge is 2.26. The summed E-state index contributed by atoms with van der Waals surface area (Å²) in [6, 6.07) is 7.76. The zero-order valence-electron chi connectivity index (χ0n) is 9.17. The molecular formula is C13H18FN. The fourth-order valence-electron chi connectivity index (χ4n) is 2.54. The largest absolute Gasteiger partial charge is 0.314 e. The van der Waals surface area contributed by atoms with Gasteiger partial charge in [-0.15, -0.1) is 0 Å². The maximum atomic E-state index is 13.5. The first-order valence-corrected chi connectivity index (χ1v) is 5.79. The molecule has 2 atom stereocenters. The van der Waals surface area contributed by atoms with Gasteiger partial charge in [0.2, 0.25) is 0 Å². The van der Waals surface area contributed by atoms with Crippen molar-refractivity contribution in [2.45, 2.75) is 38.1 Å². The second-order valence-corrected chi connectivity index (χ2v) is 4.29. The van der Waals surface area contributed by atoms with E-state index in [0.717, 1.165) is 24.9 Å². The van der Waals surface area contributed by atoms with Gasteiger partial charge in [0.05, 0.1) is 0 Å². The Balaban J connectivity index is 2.04. The highest BCUT2D eigenvalue weighted by atomic mass is 19.1. The van der Waals surface area contributed by atoms with Crippen molar-refractivity contribution < 1.29 is 4.39 Å². The highest BCUT2D eigenvalue weighted by Crippen LogP contribution is 2.35. The summed E-state index contributed by atoms with van der Waals surface area (Å²) in [5.41, 5.74) is 0.901. The second-order valence-electron chi connectivity index (χ2n) is 4.29. The number of hydrogen-bond acceptors (Lipinski definition) is 1. The molecule has 0 aliphatic heterocycles. The molecule has 0 bridgehead atoms. The smallest absolute Gasteiger partial charge is 0.126 e. The van der Waals surface area contributed by atoms with Crippen LogP contribution in [0.5, 0.6) is 0 Å². The average Bonchev–Trinajstić information content (AvgIpc) is 2.68. The van der Waals surface area contributed by atoms with Gasteiger partial charge >= 0.3 is 0 Å². The molecule has 1 nitrogen and oxygen atoms in total. The predicted molar refractivity (Wildman–Crippen MR) is 60.5 cm³/mol. The van der Waals surface area contributed by atoms with Crippen molar-refractivity contribution in [2.75, 3.05) is 6.54 Å². The van der Waals surface area contributed by atoms with Crippen LogP contribution in [0.4, 0.5) is 4.39 Å². The third kappa shape index (κ3) is 2.37. The van der Waals surface area contributed by atoms with E-state index in [1.165, 1.54) is 6.42 Å². The molecule has 82 valence electrons. The Morgan fingerprint density at radius 2 is 2.13 bits per heavy atom. The molecule has 0 heterocycles. The molecule has 15 heavy (non-hydrogen) atoms. The zero-order chi connectivity index (χ0) is 10.7. The highest BCUT2D eigenvalue weighted by molar-refractivity contribution is 5.23. The molecule has 1 aromatic carbocycles. The molecule has 2 heteroatoms. The first-order valence-electron chi connectivity index (χ1n) is 5.79. The monoisotopic (exact) mass is 207 g/mol. The molecule has 0 amide bonds. The van der Waals surface area contributed by atoms with Crippen molar-refractivity contribution in [3.8, 4) is 0 Å². The molecule has 2 unspecified atom stereocenters. The summed E-state index contributed by atoms with van der Waals surface area (Å²) in [7, 11) is 0. The third-order valence-electron chi connectivity index (χ3n) is 3.27. The fraction of sp³-hybridized carbons (Fsp3) is 0.538. The number of rotatable bonds is 3. The molecule has 1 aromatic rings. The van der Waals surface area contributed by atoms with Gasteiger partial charge in [-0.05, 0) is 43.4 Å². The van der Waals surface area contributed by atoms with Crippen LogP contribution in [0, 0.1) is 5.82 Å². The summed E-state index contributed by atoms with van der Waals surface area (Å²) in [4.78, 5) is 0. The van der Waals surface area contributed by atoms with Crippen LogP contribution in [0.1, 0.15) is 37.7 Å². The van der Waals surface area contributed by atoms with Crippen LogP contribution in [0.3, 0.4) is 0 Å². The van der Waals surface area contributed by atoms with E-state index in [0.29, 0.717) is 12.0 Å². The Kier molecular flexibility index (Phi) is 3.37. The normalized spacial score (nSPS) is 25.7. The molecule has 0 saturated heterocycles. The molecule has 1 fully saturated rings. The van der Waals surface area contributed by atoms with Gasteiger partial charge in [0.1, 0.15) is 5.82 Å². The van der Waals surface area contributed by atoms with Crippen molar-refractivity contribution in [3.05, 3.63) is 35.6 Å². The van der Waals surface area contributed by atoms with E-state index >= 15 is 0 Å². The lowest BCUT2D eigenvalue weighted by Crippen LogP contribution is -2.25. The van der Waals surface area contributed by atoms with E-state index in [1.807, 2.05) is 12.1 Å². The van der Waals surface area contributed by atoms with E-state index in [1.54, 1.807) is 12.1 Å². The lowest BCUT2D eigenvalue weighted by Gasteiger charge is -2.12. The average molecular weight is 207 g/mol. The van der Waals surface area contributed by atoms with Crippen LogP contribution in [-0.4, -0.2) is 12.6 Å². The van der Waals surface area contributed by atoms with Crippen molar-refractivity contribution in [2.24, 2.45) is 0 Å². The quantitative estimate of drug-likeness (QED) is 0.803. The molecule has 1 saturated carbocycles. The van der Waals surface area contributed by atoms with Crippen LogP contribution in [-0.2, 0) is 0 Å². The van der Waals surface area contributed by atoms with E-state index in [9.17, 15) is 4.39 Å². The van der Waals surface area contributed by atoms with Crippen LogP contribution in [0.25, 0.3) is 0 Å². The van der Waals surface area contributed by atoms with Gasteiger partial charge in [-0.2, -0.15) is 0 Å². The topological polar surface area (TPSA) is 12.0 Å². The van der Waals surface area contributed by atoms with Crippen LogP contribution in [0.2, 0.25) is 0 Å². The summed E-state index contributed by atoms with van der Waals surface area (Å²) in [5.74, 6) is 0.370. The molecular weight excluding hydrogens is 189 g/mol. The van der Waals surface area contributed by atoms with E-state index < -0.39 is 0 Å². The number of nitrogens with one attached hydrogen (secondary N) is 1. The SMILES string of the molecule is CCNC1CCC(c2ccccc2F)C1. The minimum atomic E-state index is -0.0420. The van der Waals surface area contributed by atoms with Crippen molar-refractivity contribution >= 4 is 0 Å². The van der Waals surface area contributed by atoms with Crippen molar-refractivity contribution in [1.82, 2.24) is 5.32 Å². The van der Waals surface area contributed by atoms with Gasteiger partial charge < -0.3 is 5.32 Å². The summed E-state index contributed by atoms with van der Waals surface area (Å²) in [5, 5.41) is 3.44. The zero-order valence-corrected chi connectivity index (χ0v) is 9.17. The maximum absolute atomic E-state index is 13.5. The van der Waals surface area contributed by atoms with Gasteiger partial charge in [0, 0.05) is 6.04 Å². The summed E-state index contributed by atoms with van der Waals surface area (Å²) >= 11 is 0. The maximum Gasteiger partial charge on any atom is 0.126 e. The summed E-state index contributed by atoms with van der Waals surface area (Å²) < 4.78 is 13.5. The predicted octanol–water partition coefficient (Wildman–Crippen LogP) is 3.07. The standard InChI is InChI=1S/C13H18FN/c1-2-15-11-8-7-10(9-11)12-5-3-4-6-13(12)14/h3-6,10-11,15H,2,7-9H2,1H3. The van der Waals surface area contributed by atoms with Gasteiger partial charge in [-0.1, -0.05) is 25.1 Å². The Hall–Kier alpha value is -0.890. The molecule has 0 aromatic heterocycles. The van der Waals surface area contributed by atoms with Gasteiger partial charge in [-0.25, -0.2) is 4.39 Å². The van der Waals surface area contributed by atoms with Gasteiger partial charge in [0.15, 0.2) is 0 Å². The minimum Gasteiger partial charge on any atom is -0.314 e. The molecule has 1 aliphatic carbocycles. The number of halogens is 1. The van der Waals surface area contributed by atoms with E-state index in [-0.39, 0.29) is 5.82 Å². The van der Waals surface area contributed by atoms with E-state index in [2.05, 4.69) is 12.2 Å². The number of hydrogen-bond donors (Lipinski definition) is 1. The summed E-state index contributed by atoms with van der Waals surface area (Å²) in [6.45, 7) is 3.13. The summed E-state index contributed by atoms with van der Waals surface area (Å²) in [6.07, 6.45) is 3.36. The van der Waals surface area contributed by atoms with Crippen molar-refractivity contribution in [3.63, 3.8) is 0 Å². The Labute approximate surface area is 90.7 Å². The lowest BCUT2D eigenvalue weighted by molar-refractivity contribution is 0.527. The fourth-order valence-corrected chi connectivity index (χ4v) is 2.54. The molecule has 0 radical (unpaired) electrons. The second kappa shape index (κ2) is 4.75.